The van der Waals surface area contributed by atoms with E-state index in [1.807, 2.05) is 6.07 Å². The first-order valence-corrected chi connectivity index (χ1v) is 11.6. The van der Waals surface area contributed by atoms with Crippen LogP contribution < -0.4 is 10.0 Å². The van der Waals surface area contributed by atoms with Gasteiger partial charge < -0.3 is 10.1 Å². The summed E-state index contributed by atoms with van der Waals surface area (Å²) in [5.41, 5.74) is 2.06. The number of sulfonamides is 1. The summed E-state index contributed by atoms with van der Waals surface area (Å²) in [7, 11) is -3.91. The van der Waals surface area contributed by atoms with Crippen LogP contribution in [-0.2, 0) is 26.2 Å². The van der Waals surface area contributed by atoms with Crippen molar-refractivity contribution in [1.29, 1.82) is 0 Å². The van der Waals surface area contributed by atoms with Crippen molar-refractivity contribution in [3.8, 4) is 0 Å². The number of nitrogens with zero attached hydrogens (tertiary/aromatic N) is 1. The lowest BCUT2D eigenvalue weighted by Crippen LogP contribution is -2.17. The fourth-order valence-electron chi connectivity index (χ4n) is 2.75. The Hall–Kier alpha value is -3.24. The summed E-state index contributed by atoms with van der Waals surface area (Å²) in [6.45, 7) is 4.77. The van der Waals surface area contributed by atoms with Gasteiger partial charge in [0.15, 0.2) is 5.13 Å². The molecule has 2 aromatic carbocycles. The summed E-state index contributed by atoms with van der Waals surface area (Å²) >= 11 is 1.21. The minimum atomic E-state index is -3.91. The predicted octanol–water partition coefficient (Wildman–Crippen LogP) is 3.88. The molecule has 0 saturated heterocycles. The van der Waals surface area contributed by atoms with Crippen molar-refractivity contribution in [2.75, 3.05) is 10.0 Å². The van der Waals surface area contributed by atoms with Gasteiger partial charge in [0, 0.05) is 12.3 Å². The van der Waals surface area contributed by atoms with Gasteiger partial charge in [-0.3, -0.25) is 9.52 Å². The predicted molar refractivity (Wildman–Crippen MR) is 119 cm³/mol. The number of aryl methyl sites for hydroxylation is 2. The number of hydrogen-bond donors (Lipinski definition) is 2. The maximum atomic E-state index is 12.9. The third-order valence-electron chi connectivity index (χ3n) is 4.21. The number of thiazole rings is 1. The molecule has 3 rings (SSSR count). The van der Waals surface area contributed by atoms with Crippen LogP contribution in [0, 0.1) is 13.8 Å². The normalized spacial score (nSPS) is 11.1. The van der Waals surface area contributed by atoms with Crippen molar-refractivity contribution in [1.82, 2.24) is 4.98 Å². The number of carbonyl (C=O) groups excluding carboxylic acids is 2. The van der Waals surface area contributed by atoms with Crippen molar-refractivity contribution in [3.63, 3.8) is 0 Å². The average molecular weight is 460 g/mol. The van der Waals surface area contributed by atoms with E-state index in [0.29, 0.717) is 16.4 Å². The zero-order valence-corrected chi connectivity index (χ0v) is 18.8. The standard InChI is InChI=1S/C21H21N3O5S2/c1-13-8-9-14(2)19(10-13)31(27,28)24-18-7-5-4-6-17(18)20(26)29-11-16-12-30-21(23-16)22-15(3)25/h4-10,12,24H,11H2,1-3H3,(H,22,23,25). The van der Waals surface area contributed by atoms with Crippen LogP contribution in [0.15, 0.2) is 52.7 Å². The van der Waals surface area contributed by atoms with E-state index in [-0.39, 0.29) is 28.7 Å². The van der Waals surface area contributed by atoms with Crippen LogP contribution in [0.25, 0.3) is 0 Å². The summed E-state index contributed by atoms with van der Waals surface area (Å²) in [6.07, 6.45) is 0. The van der Waals surface area contributed by atoms with Gasteiger partial charge in [0.1, 0.15) is 6.61 Å². The Labute approximate surface area is 184 Å². The van der Waals surface area contributed by atoms with Crippen molar-refractivity contribution >= 4 is 44.1 Å². The quantitative estimate of drug-likeness (QED) is 0.518. The zero-order chi connectivity index (χ0) is 22.6. The van der Waals surface area contributed by atoms with Crippen molar-refractivity contribution < 1.29 is 22.7 Å². The maximum absolute atomic E-state index is 12.9. The van der Waals surface area contributed by atoms with Gasteiger partial charge in [-0.25, -0.2) is 18.2 Å². The summed E-state index contributed by atoms with van der Waals surface area (Å²) < 4.78 is 33.6. The van der Waals surface area contributed by atoms with Crippen LogP contribution in [0.3, 0.4) is 0 Å². The van der Waals surface area contributed by atoms with Crippen molar-refractivity contribution in [3.05, 3.63) is 70.2 Å². The van der Waals surface area contributed by atoms with Gasteiger partial charge >= 0.3 is 5.97 Å². The van der Waals surface area contributed by atoms with Gasteiger partial charge in [0.05, 0.1) is 21.8 Å². The Morgan fingerprint density at radius 2 is 1.87 bits per heavy atom. The highest BCUT2D eigenvalue weighted by Gasteiger charge is 2.21. The Balaban J connectivity index is 1.76. The molecule has 3 aromatic rings. The second-order valence-electron chi connectivity index (χ2n) is 6.82. The highest BCUT2D eigenvalue weighted by Crippen LogP contribution is 2.24. The molecule has 0 saturated carbocycles. The molecule has 0 aliphatic carbocycles. The third kappa shape index (κ3) is 5.68. The lowest BCUT2D eigenvalue weighted by atomic mass is 10.2. The number of amides is 1. The molecule has 0 spiro atoms. The van der Waals surface area contributed by atoms with Crippen LogP contribution >= 0.6 is 11.3 Å². The van der Waals surface area contributed by atoms with Gasteiger partial charge in [0.2, 0.25) is 5.91 Å². The second kappa shape index (κ2) is 9.27. The number of hydrogen-bond acceptors (Lipinski definition) is 7. The minimum absolute atomic E-state index is 0.0775. The van der Waals surface area contributed by atoms with E-state index in [1.165, 1.54) is 30.4 Å². The molecule has 0 aliphatic heterocycles. The number of anilines is 2. The van der Waals surface area contributed by atoms with Gasteiger partial charge in [-0.05, 0) is 43.2 Å². The number of rotatable bonds is 7. The molecule has 8 nitrogen and oxygen atoms in total. The summed E-state index contributed by atoms with van der Waals surface area (Å²) in [5, 5.41) is 4.62. The largest absolute Gasteiger partial charge is 0.455 e. The van der Waals surface area contributed by atoms with Crippen LogP contribution in [0.4, 0.5) is 10.8 Å². The lowest BCUT2D eigenvalue weighted by molar-refractivity contribution is -0.114. The highest BCUT2D eigenvalue weighted by molar-refractivity contribution is 7.92. The molecule has 1 heterocycles. The number of benzene rings is 2. The molecule has 0 fully saturated rings. The fraction of sp³-hybridized carbons (Fsp3) is 0.190. The van der Waals surface area contributed by atoms with Gasteiger partial charge in [-0.1, -0.05) is 24.3 Å². The molecule has 0 bridgehead atoms. The van der Waals surface area contributed by atoms with E-state index >= 15 is 0 Å². The molecule has 1 aromatic heterocycles. The first-order valence-electron chi connectivity index (χ1n) is 9.24. The Kier molecular flexibility index (Phi) is 6.71. The molecule has 0 aliphatic rings. The molecule has 162 valence electrons. The Morgan fingerprint density at radius 1 is 1.13 bits per heavy atom. The SMILES string of the molecule is CC(=O)Nc1nc(COC(=O)c2ccccc2NS(=O)(=O)c2cc(C)ccc2C)cs1. The molecular weight excluding hydrogens is 438 g/mol. The smallest absolute Gasteiger partial charge is 0.340 e. The molecule has 2 N–H and O–H groups in total. The van der Waals surface area contributed by atoms with Crippen LogP contribution in [0.5, 0.6) is 0 Å². The Bertz CT molecular complexity index is 1240. The number of ether oxygens (including phenoxy) is 1. The topological polar surface area (TPSA) is 114 Å². The number of nitrogens with one attached hydrogen (secondary N) is 2. The zero-order valence-electron chi connectivity index (χ0n) is 17.1. The molecule has 31 heavy (non-hydrogen) atoms. The fourth-order valence-corrected chi connectivity index (χ4v) is 4.90. The van der Waals surface area contributed by atoms with E-state index in [2.05, 4.69) is 15.0 Å². The van der Waals surface area contributed by atoms with Gasteiger partial charge in [-0.15, -0.1) is 11.3 Å². The van der Waals surface area contributed by atoms with Crippen molar-refractivity contribution in [2.45, 2.75) is 32.3 Å². The van der Waals surface area contributed by atoms with E-state index in [9.17, 15) is 18.0 Å². The minimum Gasteiger partial charge on any atom is -0.455 e. The van der Waals surface area contributed by atoms with Crippen LogP contribution in [-0.4, -0.2) is 25.3 Å². The third-order valence-corrected chi connectivity index (χ3v) is 6.52. The molecule has 0 unspecified atom stereocenters. The first kappa shape index (κ1) is 22.4. The number of para-hydroxylation sites is 1. The number of carbonyl (C=O) groups is 2. The Morgan fingerprint density at radius 3 is 2.61 bits per heavy atom. The molecule has 0 atom stereocenters. The molecule has 0 radical (unpaired) electrons. The van der Waals surface area contributed by atoms with E-state index in [4.69, 9.17) is 4.74 Å². The lowest BCUT2D eigenvalue weighted by Gasteiger charge is -2.14. The monoisotopic (exact) mass is 459 g/mol. The van der Waals surface area contributed by atoms with Gasteiger partial charge in [0.25, 0.3) is 10.0 Å². The molecule has 10 heteroatoms. The second-order valence-corrected chi connectivity index (χ2v) is 9.33. The van der Waals surface area contributed by atoms with Crippen LogP contribution in [0.1, 0.15) is 34.1 Å². The summed E-state index contributed by atoms with van der Waals surface area (Å²) in [5.74, 6) is -0.948. The van der Waals surface area contributed by atoms with Gasteiger partial charge in [-0.2, -0.15) is 0 Å². The van der Waals surface area contributed by atoms with Crippen LogP contribution in [0.2, 0.25) is 0 Å². The summed E-state index contributed by atoms with van der Waals surface area (Å²) in [4.78, 5) is 28.0. The molecule has 1 amide bonds. The highest BCUT2D eigenvalue weighted by atomic mass is 32.2. The van der Waals surface area contributed by atoms with E-state index in [0.717, 1.165) is 5.56 Å². The van der Waals surface area contributed by atoms with Crippen molar-refractivity contribution in [2.24, 2.45) is 0 Å². The van der Waals surface area contributed by atoms with E-state index < -0.39 is 16.0 Å². The summed E-state index contributed by atoms with van der Waals surface area (Å²) in [6, 6.07) is 11.3. The maximum Gasteiger partial charge on any atom is 0.340 e. The number of esters is 1. The first-order chi connectivity index (χ1) is 14.7. The average Bonchev–Trinajstić information content (AvgIpc) is 3.14. The molecular formula is C21H21N3O5S2. The van der Waals surface area contributed by atoms with E-state index in [1.54, 1.807) is 43.5 Å². The number of aromatic nitrogens is 1.